The van der Waals surface area contributed by atoms with E-state index in [9.17, 15) is 4.79 Å². The van der Waals surface area contributed by atoms with Gasteiger partial charge in [-0.25, -0.2) is 0 Å². The first kappa shape index (κ1) is 15.4. The van der Waals surface area contributed by atoms with Crippen molar-refractivity contribution in [3.05, 3.63) is 28.5 Å². The van der Waals surface area contributed by atoms with Gasteiger partial charge in [-0.1, -0.05) is 36.8 Å². The number of nitrogens with zero attached hydrogens (tertiary/aromatic N) is 2. The summed E-state index contributed by atoms with van der Waals surface area (Å²) >= 11 is 3.04. The highest BCUT2D eigenvalue weighted by Gasteiger charge is 2.60. The van der Waals surface area contributed by atoms with Gasteiger partial charge in [0.2, 0.25) is 11.0 Å². The van der Waals surface area contributed by atoms with Crippen LogP contribution in [0.25, 0.3) is 10.6 Å². The smallest absolute Gasteiger partial charge is 0.230 e. The van der Waals surface area contributed by atoms with Crippen molar-refractivity contribution >= 4 is 33.7 Å². The minimum atomic E-state index is 0.0101. The first-order valence-corrected chi connectivity index (χ1v) is 8.97. The second kappa shape index (κ2) is 5.59. The number of carbonyl (C=O) groups excluding carboxylic acids is 1. The molecule has 1 saturated carbocycles. The summed E-state index contributed by atoms with van der Waals surface area (Å²) in [6, 6.07) is 2.01. The van der Waals surface area contributed by atoms with Gasteiger partial charge in [-0.05, 0) is 36.6 Å². The van der Waals surface area contributed by atoms with Crippen LogP contribution in [0.3, 0.4) is 0 Å². The summed E-state index contributed by atoms with van der Waals surface area (Å²) in [6.07, 6.45) is 2.20. The minimum absolute atomic E-state index is 0.0101. The van der Waals surface area contributed by atoms with E-state index in [-0.39, 0.29) is 17.2 Å². The van der Waals surface area contributed by atoms with Crippen LogP contribution in [0.5, 0.6) is 0 Å². The molecule has 0 bridgehead atoms. The summed E-state index contributed by atoms with van der Waals surface area (Å²) in [6.45, 7) is 8.42. The monoisotopic (exact) mass is 333 g/mol. The zero-order valence-electron chi connectivity index (χ0n) is 13.1. The Morgan fingerprint density at radius 1 is 1.36 bits per heavy atom. The number of thiophene rings is 1. The summed E-state index contributed by atoms with van der Waals surface area (Å²) in [5, 5.41) is 16.6. The van der Waals surface area contributed by atoms with Crippen molar-refractivity contribution in [3.63, 3.8) is 0 Å². The highest BCUT2D eigenvalue weighted by atomic mass is 32.1. The summed E-state index contributed by atoms with van der Waals surface area (Å²) in [4.78, 5) is 12.5. The second-order valence-corrected chi connectivity index (χ2v) is 8.24. The number of rotatable bonds is 4. The Kier molecular flexibility index (Phi) is 3.91. The molecule has 0 aromatic carbocycles. The van der Waals surface area contributed by atoms with E-state index in [1.165, 1.54) is 16.9 Å². The van der Waals surface area contributed by atoms with E-state index in [1.54, 1.807) is 11.3 Å². The Balaban J connectivity index is 1.69. The van der Waals surface area contributed by atoms with E-state index < -0.39 is 0 Å². The van der Waals surface area contributed by atoms with E-state index >= 15 is 0 Å². The standard InChI is InChI=1S/C16H19N3OS2/c1-9(2)7-11-12(16(11,3)4)13(20)17-15-19-18-14(22-15)10-5-6-21-8-10/h5-8,11-12H,1-4H3,(H,17,19,20)/t11-,12-/m1/s1. The fourth-order valence-electron chi connectivity index (χ4n) is 2.81. The molecular formula is C16H19N3OS2. The molecule has 1 aliphatic carbocycles. The predicted molar refractivity (Wildman–Crippen MR) is 92.0 cm³/mol. The average Bonchev–Trinajstić information content (AvgIpc) is 2.90. The van der Waals surface area contributed by atoms with Crippen molar-refractivity contribution in [2.75, 3.05) is 5.32 Å². The number of amides is 1. The maximum atomic E-state index is 12.5. The molecule has 1 amide bonds. The van der Waals surface area contributed by atoms with Crippen molar-refractivity contribution in [1.82, 2.24) is 10.2 Å². The molecule has 22 heavy (non-hydrogen) atoms. The molecule has 6 heteroatoms. The largest absolute Gasteiger partial charge is 0.300 e. The van der Waals surface area contributed by atoms with Gasteiger partial charge in [-0.2, -0.15) is 11.3 Å². The normalized spacial score (nSPS) is 22.2. The minimum Gasteiger partial charge on any atom is -0.300 e. The van der Waals surface area contributed by atoms with Crippen LogP contribution in [0.2, 0.25) is 0 Å². The highest BCUT2D eigenvalue weighted by Crippen LogP contribution is 2.59. The van der Waals surface area contributed by atoms with Crippen molar-refractivity contribution in [1.29, 1.82) is 0 Å². The maximum Gasteiger partial charge on any atom is 0.230 e. The van der Waals surface area contributed by atoms with Crippen LogP contribution in [-0.2, 0) is 4.79 Å². The molecular weight excluding hydrogens is 314 g/mol. The fraction of sp³-hybridized carbons (Fsp3) is 0.438. The predicted octanol–water partition coefficient (Wildman–Crippen LogP) is 4.44. The van der Waals surface area contributed by atoms with Crippen molar-refractivity contribution < 1.29 is 4.79 Å². The van der Waals surface area contributed by atoms with E-state index in [4.69, 9.17) is 0 Å². The van der Waals surface area contributed by atoms with E-state index in [0.29, 0.717) is 11.0 Å². The number of nitrogens with one attached hydrogen (secondary N) is 1. The quantitative estimate of drug-likeness (QED) is 0.841. The van der Waals surface area contributed by atoms with E-state index in [1.807, 2.05) is 16.8 Å². The van der Waals surface area contributed by atoms with Gasteiger partial charge in [0.1, 0.15) is 5.01 Å². The number of anilines is 1. The highest BCUT2D eigenvalue weighted by molar-refractivity contribution is 7.19. The summed E-state index contributed by atoms with van der Waals surface area (Å²) < 4.78 is 0. The summed E-state index contributed by atoms with van der Waals surface area (Å²) in [5.74, 6) is 0.359. The second-order valence-electron chi connectivity index (χ2n) is 6.48. The zero-order valence-corrected chi connectivity index (χ0v) is 14.7. The van der Waals surface area contributed by atoms with Crippen LogP contribution in [-0.4, -0.2) is 16.1 Å². The van der Waals surface area contributed by atoms with Gasteiger partial charge in [-0.3, -0.25) is 4.79 Å². The molecule has 2 atom stereocenters. The number of allylic oxidation sites excluding steroid dienone is 2. The van der Waals surface area contributed by atoms with Gasteiger partial charge < -0.3 is 5.32 Å². The lowest BCUT2D eigenvalue weighted by Crippen LogP contribution is -2.16. The van der Waals surface area contributed by atoms with E-state index in [0.717, 1.165) is 10.6 Å². The lowest BCUT2D eigenvalue weighted by atomic mass is 10.1. The van der Waals surface area contributed by atoms with Gasteiger partial charge in [0, 0.05) is 10.9 Å². The summed E-state index contributed by atoms with van der Waals surface area (Å²) in [7, 11) is 0. The van der Waals surface area contributed by atoms with Crippen molar-refractivity contribution in [2.24, 2.45) is 17.3 Å². The van der Waals surface area contributed by atoms with Gasteiger partial charge >= 0.3 is 0 Å². The number of carbonyl (C=O) groups is 1. The molecule has 0 radical (unpaired) electrons. The molecule has 0 spiro atoms. The van der Waals surface area contributed by atoms with Gasteiger partial charge in [0.15, 0.2) is 0 Å². The van der Waals surface area contributed by atoms with Gasteiger partial charge in [-0.15, -0.1) is 10.2 Å². The lowest BCUT2D eigenvalue weighted by Gasteiger charge is -2.01. The molecule has 2 aromatic rings. The third kappa shape index (κ3) is 2.85. The Hall–Kier alpha value is -1.53. The Bertz CT molecular complexity index is 712. The molecule has 1 aliphatic rings. The molecule has 2 aromatic heterocycles. The topological polar surface area (TPSA) is 54.9 Å². The molecule has 0 aliphatic heterocycles. The van der Waals surface area contributed by atoms with E-state index in [2.05, 4.69) is 49.3 Å². The fourth-order valence-corrected chi connectivity index (χ4v) is 4.27. The molecule has 2 heterocycles. The van der Waals surface area contributed by atoms with Crippen LogP contribution < -0.4 is 5.32 Å². The first-order chi connectivity index (χ1) is 10.4. The van der Waals surface area contributed by atoms with Gasteiger partial charge in [0.05, 0.1) is 5.92 Å². The van der Waals surface area contributed by atoms with Crippen LogP contribution in [0.1, 0.15) is 27.7 Å². The lowest BCUT2D eigenvalue weighted by molar-refractivity contribution is -0.118. The molecule has 4 nitrogen and oxygen atoms in total. The zero-order chi connectivity index (χ0) is 15.9. The maximum absolute atomic E-state index is 12.5. The van der Waals surface area contributed by atoms with Crippen LogP contribution in [0.4, 0.5) is 5.13 Å². The molecule has 116 valence electrons. The third-order valence-electron chi connectivity index (χ3n) is 4.13. The number of hydrogen-bond acceptors (Lipinski definition) is 5. The summed E-state index contributed by atoms with van der Waals surface area (Å²) in [5.41, 5.74) is 2.32. The SMILES string of the molecule is CC(C)=C[C@@H]1[C@H](C(=O)Nc2nnc(-c3ccsc3)s2)C1(C)C. The molecule has 0 saturated heterocycles. The first-order valence-electron chi connectivity index (χ1n) is 7.21. The van der Waals surface area contributed by atoms with Crippen molar-refractivity contribution in [2.45, 2.75) is 27.7 Å². The Morgan fingerprint density at radius 2 is 2.14 bits per heavy atom. The third-order valence-corrected chi connectivity index (χ3v) is 5.70. The molecule has 1 N–H and O–H groups in total. The molecule has 3 rings (SSSR count). The van der Waals surface area contributed by atoms with Crippen molar-refractivity contribution in [3.8, 4) is 10.6 Å². The molecule has 0 unspecified atom stereocenters. The van der Waals surface area contributed by atoms with Crippen LogP contribution in [0.15, 0.2) is 28.5 Å². The van der Waals surface area contributed by atoms with Crippen LogP contribution in [0, 0.1) is 17.3 Å². The Labute approximate surface area is 138 Å². The Morgan fingerprint density at radius 3 is 2.77 bits per heavy atom. The number of hydrogen-bond donors (Lipinski definition) is 1. The molecule has 1 fully saturated rings. The number of aromatic nitrogens is 2. The average molecular weight is 333 g/mol. The van der Waals surface area contributed by atoms with Crippen LogP contribution >= 0.6 is 22.7 Å². The van der Waals surface area contributed by atoms with Gasteiger partial charge in [0.25, 0.3) is 0 Å².